The van der Waals surface area contributed by atoms with Gasteiger partial charge in [-0.2, -0.15) is 0 Å². The van der Waals surface area contributed by atoms with Gasteiger partial charge in [0.25, 0.3) is 0 Å². The van der Waals surface area contributed by atoms with E-state index in [0.717, 1.165) is 22.3 Å². The van der Waals surface area contributed by atoms with E-state index in [0.29, 0.717) is 26.3 Å². The summed E-state index contributed by atoms with van der Waals surface area (Å²) in [6.45, 7) is 2.26. The third kappa shape index (κ3) is 5.19. The molecular weight excluding hydrogens is 363 g/mol. The highest BCUT2D eigenvalue weighted by Gasteiger charge is 2.21. The second-order valence-electron chi connectivity index (χ2n) is 5.85. The summed E-state index contributed by atoms with van der Waals surface area (Å²) in [5, 5.41) is 7.22. The highest BCUT2D eigenvalue weighted by atomic mass is 35.5. The van der Waals surface area contributed by atoms with Crippen LogP contribution in [0.2, 0.25) is 0 Å². The summed E-state index contributed by atoms with van der Waals surface area (Å²) < 4.78 is 5.34. The molecule has 1 aliphatic heterocycles. The van der Waals surface area contributed by atoms with Crippen LogP contribution in [0.15, 0.2) is 30.3 Å². The predicted octanol–water partition coefficient (Wildman–Crippen LogP) is 1.75. The maximum atomic E-state index is 12.2. The van der Waals surface area contributed by atoms with E-state index in [1.54, 1.807) is 0 Å². The summed E-state index contributed by atoms with van der Waals surface area (Å²) in [6.07, 6.45) is 0. The van der Waals surface area contributed by atoms with E-state index in [9.17, 15) is 4.79 Å². The zero-order chi connectivity index (χ0) is 16.2. The Kier molecular flexibility index (Phi) is 8.38. The van der Waals surface area contributed by atoms with Crippen molar-refractivity contribution in [2.75, 3.05) is 38.8 Å². The molecule has 25 heavy (non-hydrogen) atoms. The standard InChI is InChI=1S/C17H22N4O2.2ClH/c1-21(2)16-9-12(13-5-3-4-6-14(13)20-16)10-19-17(22)15-11-23-8-7-18-15;;/h3-6,9,15,18H,7-8,10-11H2,1-2H3,(H,19,22);2*1H. The predicted molar refractivity (Wildman–Crippen MR) is 105 cm³/mol. The number of para-hydroxylation sites is 1. The lowest BCUT2D eigenvalue weighted by molar-refractivity contribution is -0.126. The lowest BCUT2D eigenvalue weighted by atomic mass is 10.1. The number of hydrogen-bond donors (Lipinski definition) is 2. The van der Waals surface area contributed by atoms with Crippen molar-refractivity contribution in [1.82, 2.24) is 15.6 Å². The summed E-state index contributed by atoms with van der Waals surface area (Å²) in [6, 6.07) is 9.73. The average molecular weight is 387 g/mol. The van der Waals surface area contributed by atoms with Crippen LogP contribution in [0.5, 0.6) is 0 Å². The van der Waals surface area contributed by atoms with Crippen molar-refractivity contribution >= 4 is 47.4 Å². The van der Waals surface area contributed by atoms with Gasteiger partial charge in [-0.25, -0.2) is 4.98 Å². The van der Waals surface area contributed by atoms with E-state index in [2.05, 4.69) is 15.6 Å². The second kappa shape index (κ2) is 9.77. The first-order valence-electron chi connectivity index (χ1n) is 7.80. The van der Waals surface area contributed by atoms with Gasteiger partial charge in [0.1, 0.15) is 11.9 Å². The highest BCUT2D eigenvalue weighted by Crippen LogP contribution is 2.22. The van der Waals surface area contributed by atoms with Crippen molar-refractivity contribution in [3.05, 3.63) is 35.9 Å². The first-order chi connectivity index (χ1) is 11.1. The molecule has 1 unspecified atom stereocenters. The van der Waals surface area contributed by atoms with Gasteiger partial charge in [-0.05, 0) is 17.7 Å². The van der Waals surface area contributed by atoms with E-state index in [1.165, 1.54) is 0 Å². The Bertz CT molecular complexity index is 706. The summed E-state index contributed by atoms with van der Waals surface area (Å²) in [4.78, 5) is 18.8. The van der Waals surface area contributed by atoms with Crippen LogP contribution in [0, 0.1) is 0 Å². The van der Waals surface area contributed by atoms with E-state index in [-0.39, 0.29) is 36.8 Å². The van der Waals surface area contributed by atoms with Crippen LogP contribution in [-0.4, -0.2) is 50.8 Å². The van der Waals surface area contributed by atoms with E-state index < -0.39 is 0 Å². The number of anilines is 1. The fourth-order valence-electron chi connectivity index (χ4n) is 2.65. The van der Waals surface area contributed by atoms with E-state index >= 15 is 0 Å². The third-order valence-electron chi connectivity index (χ3n) is 3.94. The van der Waals surface area contributed by atoms with Crippen LogP contribution < -0.4 is 15.5 Å². The molecule has 1 aromatic carbocycles. The molecule has 2 heterocycles. The number of pyridine rings is 1. The molecule has 1 fully saturated rings. The minimum atomic E-state index is -0.273. The van der Waals surface area contributed by atoms with Crippen LogP contribution in [0.25, 0.3) is 10.9 Å². The highest BCUT2D eigenvalue weighted by molar-refractivity contribution is 5.86. The Hall–Kier alpha value is -1.60. The van der Waals surface area contributed by atoms with Gasteiger partial charge in [0.2, 0.25) is 5.91 Å². The maximum Gasteiger partial charge on any atom is 0.239 e. The number of rotatable bonds is 4. The molecule has 0 spiro atoms. The molecule has 8 heteroatoms. The van der Waals surface area contributed by atoms with Gasteiger partial charge in [-0.15, -0.1) is 24.8 Å². The molecule has 1 atom stereocenters. The van der Waals surface area contributed by atoms with Crippen molar-refractivity contribution in [1.29, 1.82) is 0 Å². The molecule has 2 aromatic rings. The fourth-order valence-corrected chi connectivity index (χ4v) is 2.65. The topological polar surface area (TPSA) is 66.5 Å². The summed E-state index contributed by atoms with van der Waals surface area (Å²) in [5.74, 6) is 0.851. The molecule has 1 aromatic heterocycles. The number of amides is 1. The van der Waals surface area contributed by atoms with Gasteiger partial charge in [-0.3, -0.25) is 4.79 Å². The number of carbonyl (C=O) groups is 1. The van der Waals surface area contributed by atoms with Crippen molar-refractivity contribution < 1.29 is 9.53 Å². The number of morpholine rings is 1. The van der Waals surface area contributed by atoms with Crippen LogP contribution in [0.1, 0.15) is 5.56 Å². The number of ether oxygens (including phenoxy) is 1. The van der Waals surface area contributed by atoms with Crippen LogP contribution in [-0.2, 0) is 16.1 Å². The molecule has 1 amide bonds. The van der Waals surface area contributed by atoms with Gasteiger partial charge in [0.15, 0.2) is 0 Å². The Morgan fingerprint density at radius 2 is 2.12 bits per heavy atom. The van der Waals surface area contributed by atoms with Gasteiger partial charge in [-0.1, -0.05) is 18.2 Å². The molecule has 0 aliphatic carbocycles. The smallest absolute Gasteiger partial charge is 0.239 e. The van der Waals surface area contributed by atoms with Crippen LogP contribution in [0.4, 0.5) is 5.82 Å². The van der Waals surface area contributed by atoms with E-state index in [4.69, 9.17) is 4.74 Å². The first-order valence-corrected chi connectivity index (χ1v) is 7.80. The number of benzene rings is 1. The second-order valence-corrected chi connectivity index (χ2v) is 5.85. The number of nitrogens with zero attached hydrogens (tertiary/aromatic N) is 2. The minimum Gasteiger partial charge on any atom is -0.378 e. The Morgan fingerprint density at radius 3 is 2.80 bits per heavy atom. The van der Waals surface area contributed by atoms with E-state index in [1.807, 2.05) is 49.3 Å². The van der Waals surface area contributed by atoms with Crippen molar-refractivity contribution in [2.45, 2.75) is 12.6 Å². The van der Waals surface area contributed by atoms with Gasteiger partial charge in [0, 0.05) is 32.6 Å². The quantitative estimate of drug-likeness (QED) is 0.837. The third-order valence-corrected chi connectivity index (χ3v) is 3.94. The largest absolute Gasteiger partial charge is 0.378 e. The van der Waals surface area contributed by atoms with Crippen LogP contribution in [0.3, 0.4) is 0 Å². The zero-order valence-electron chi connectivity index (χ0n) is 14.3. The number of carbonyl (C=O) groups excluding carboxylic acids is 1. The van der Waals surface area contributed by atoms with Gasteiger partial charge < -0.3 is 20.3 Å². The fraction of sp³-hybridized carbons (Fsp3) is 0.412. The average Bonchev–Trinajstić information content (AvgIpc) is 2.59. The molecular formula is C17H24Cl2N4O2. The minimum absolute atomic E-state index is 0. The Labute approximate surface area is 160 Å². The lowest BCUT2D eigenvalue weighted by Gasteiger charge is -2.23. The molecule has 2 N–H and O–H groups in total. The monoisotopic (exact) mass is 386 g/mol. The molecule has 0 saturated carbocycles. The number of aromatic nitrogens is 1. The molecule has 0 radical (unpaired) electrons. The normalized spacial score (nSPS) is 16.5. The number of nitrogens with one attached hydrogen (secondary N) is 2. The number of fused-ring (bicyclic) bond motifs is 1. The number of halogens is 2. The van der Waals surface area contributed by atoms with Gasteiger partial charge in [0.05, 0.1) is 18.7 Å². The van der Waals surface area contributed by atoms with Crippen LogP contribution >= 0.6 is 24.8 Å². The lowest BCUT2D eigenvalue weighted by Crippen LogP contribution is -2.51. The number of hydrogen-bond acceptors (Lipinski definition) is 5. The van der Waals surface area contributed by atoms with Crippen molar-refractivity contribution in [2.24, 2.45) is 0 Å². The molecule has 1 saturated heterocycles. The van der Waals surface area contributed by atoms with Crippen molar-refractivity contribution in [3.63, 3.8) is 0 Å². The summed E-state index contributed by atoms with van der Waals surface area (Å²) in [5.41, 5.74) is 1.99. The van der Waals surface area contributed by atoms with Crippen molar-refractivity contribution in [3.8, 4) is 0 Å². The van der Waals surface area contributed by atoms with Gasteiger partial charge >= 0.3 is 0 Å². The first kappa shape index (κ1) is 21.4. The zero-order valence-corrected chi connectivity index (χ0v) is 16.0. The maximum absolute atomic E-state index is 12.2. The molecule has 3 rings (SSSR count). The summed E-state index contributed by atoms with van der Waals surface area (Å²) >= 11 is 0. The molecule has 0 bridgehead atoms. The SMILES string of the molecule is CN(C)c1cc(CNC(=O)C2COCCN2)c2ccccc2n1.Cl.Cl. The Morgan fingerprint density at radius 1 is 1.36 bits per heavy atom. The molecule has 1 aliphatic rings. The molecule has 6 nitrogen and oxygen atoms in total. The summed E-state index contributed by atoms with van der Waals surface area (Å²) in [7, 11) is 3.92. The molecule has 138 valence electrons. The Balaban J connectivity index is 0.00000156.